The van der Waals surface area contributed by atoms with E-state index in [1.54, 1.807) is 11.5 Å². The summed E-state index contributed by atoms with van der Waals surface area (Å²) in [5.74, 6) is 0. The molecule has 0 radical (unpaired) electrons. The predicted octanol–water partition coefficient (Wildman–Crippen LogP) is 3.27. The zero-order valence-corrected chi connectivity index (χ0v) is 9.78. The average molecular weight is 201 g/mol. The van der Waals surface area contributed by atoms with Gasteiger partial charge in [0, 0.05) is 23.1 Å². The van der Waals surface area contributed by atoms with E-state index >= 15 is 0 Å². The molecule has 1 aliphatic heterocycles. The molecule has 2 heterocycles. The van der Waals surface area contributed by atoms with E-state index in [2.05, 4.69) is 4.37 Å². The third-order valence-electron chi connectivity index (χ3n) is 1.46. The molecule has 0 bridgehead atoms. The van der Waals surface area contributed by atoms with Crippen LogP contribution in [0, 0.1) is 0 Å². The quantitative estimate of drug-likeness (QED) is 0.642. The molecule has 0 fully saturated rings. The van der Waals surface area contributed by atoms with Crippen LogP contribution in [-0.2, 0) is 17.8 Å². The van der Waals surface area contributed by atoms with Crippen LogP contribution in [0.2, 0.25) is 0 Å². The van der Waals surface area contributed by atoms with Gasteiger partial charge in [0.15, 0.2) is 0 Å². The summed E-state index contributed by atoms with van der Waals surface area (Å²) in [6.07, 6.45) is 2.96. The molecule has 0 unspecified atom stereocenters. The minimum absolute atomic E-state index is 0.770. The summed E-state index contributed by atoms with van der Waals surface area (Å²) in [5.41, 5.74) is 1.28. The first-order chi connectivity index (χ1) is 6.47. The van der Waals surface area contributed by atoms with Crippen molar-refractivity contribution < 1.29 is 4.74 Å². The summed E-state index contributed by atoms with van der Waals surface area (Å²) in [5, 5.41) is 0. The van der Waals surface area contributed by atoms with Gasteiger partial charge in [-0.15, -0.1) is 0 Å². The maximum absolute atomic E-state index is 5.22. The number of fused-ring (bicyclic) bond motifs is 1. The second-order valence-corrected chi connectivity index (χ2v) is 2.96. The Hall–Kier alpha value is -0.410. The highest BCUT2D eigenvalue weighted by Gasteiger charge is 2.09. The molecule has 3 heteroatoms. The molecule has 1 aliphatic rings. The van der Waals surface area contributed by atoms with Gasteiger partial charge < -0.3 is 4.74 Å². The Balaban J connectivity index is 0.000000322. The molecule has 0 atom stereocenters. The Morgan fingerprint density at radius 2 is 2.00 bits per heavy atom. The lowest BCUT2D eigenvalue weighted by Crippen LogP contribution is -2.05. The number of nitrogens with zero attached hydrogens (tertiary/aromatic N) is 1. The average Bonchev–Trinajstić information content (AvgIpc) is 2.71. The molecule has 0 amide bonds. The summed E-state index contributed by atoms with van der Waals surface area (Å²) in [6, 6.07) is 0. The topological polar surface area (TPSA) is 22.1 Å². The highest BCUT2D eigenvalue weighted by molar-refractivity contribution is 7.05. The molecule has 2 rings (SSSR count). The van der Waals surface area contributed by atoms with Crippen molar-refractivity contribution in [1.29, 1.82) is 0 Å². The van der Waals surface area contributed by atoms with E-state index in [-0.39, 0.29) is 0 Å². The largest absolute Gasteiger partial charge is 0.376 e. The maximum atomic E-state index is 5.22. The Morgan fingerprint density at radius 1 is 1.31 bits per heavy atom. The van der Waals surface area contributed by atoms with E-state index < -0.39 is 0 Å². The van der Waals surface area contributed by atoms with Crippen LogP contribution >= 0.6 is 11.5 Å². The fourth-order valence-corrected chi connectivity index (χ4v) is 1.67. The summed E-state index contributed by atoms with van der Waals surface area (Å²) < 4.78 is 9.29. The number of rotatable bonds is 0. The summed E-state index contributed by atoms with van der Waals surface area (Å²) in [6.45, 7) is 9.64. The molecule has 0 saturated carbocycles. The molecule has 0 saturated heterocycles. The lowest BCUT2D eigenvalue weighted by atomic mass is 10.2. The van der Waals surface area contributed by atoms with Crippen molar-refractivity contribution in [3.8, 4) is 0 Å². The van der Waals surface area contributed by atoms with Crippen molar-refractivity contribution in [2.45, 2.75) is 40.7 Å². The number of aromatic nitrogens is 1. The fourth-order valence-electron chi connectivity index (χ4n) is 0.955. The van der Waals surface area contributed by atoms with Crippen LogP contribution in [0.25, 0.3) is 0 Å². The van der Waals surface area contributed by atoms with E-state index in [1.807, 2.05) is 33.9 Å². The number of ether oxygens (including phenoxy) is 1. The lowest BCUT2D eigenvalue weighted by Gasteiger charge is -2.09. The van der Waals surface area contributed by atoms with Crippen molar-refractivity contribution in [3.05, 3.63) is 16.6 Å². The number of hydrogen-bond donors (Lipinski definition) is 0. The van der Waals surface area contributed by atoms with Crippen LogP contribution in [0.5, 0.6) is 0 Å². The predicted molar refractivity (Wildman–Crippen MR) is 58.2 cm³/mol. The first kappa shape index (κ1) is 12.6. The fraction of sp³-hybridized carbons (Fsp3) is 0.700. The summed E-state index contributed by atoms with van der Waals surface area (Å²) in [4.78, 5) is 1.40. The molecule has 1 aromatic heterocycles. The van der Waals surface area contributed by atoms with Crippen LogP contribution in [-0.4, -0.2) is 11.0 Å². The van der Waals surface area contributed by atoms with Crippen molar-refractivity contribution in [2.75, 3.05) is 6.61 Å². The Labute approximate surface area is 85.1 Å². The van der Waals surface area contributed by atoms with E-state index in [0.717, 1.165) is 19.6 Å². The standard InChI is InChI=1S/C6H7NOS.2C2H6/c1-2-8-4-5-3-7-9-6(1)5;2*1-2/h3H,1-2,4H2;2*1-2H3. The second-order valence-electron chi connectivity index (χ2n) is 2.08. The second kappa shape index (κ2) is 8.20. The zero-order valence-electron chi connectivity index (χ0n) is 8.96. The monoisotopic (exact) mass is 201 g/mol. The minimum Gasteiger partial charge on any atom is -0.376 e. The molecule has 13 heavy (non-hydrogen) atoms. The molecule has 0 N–H and O–H groups in total. The summed E-state index contributed by atoms with van der Waals surface area (Å²) in [7, 11) is 0. The molecule has 0 aromatic carbocycles. The molecular formula is C10H19NOS. The van der Waals surface area contributed by atoms with Crippen molar-refractivity contribution in [1.82, 2.24) is 4.37 Å². The van der Waals surface area contributed by atoms with Crippen LogP contribution in [0.15, 0.2) is 6.20 Å². The van der Waals surface area contributed by atoms with Gasteiger partial charge in [-0.05, 0) is 11.5 Å². The van der Waals surface area contributed by atoms with E-state index in [1.165, 1.54) is 10.4 Å². The van der Waals surface area contributed by atoms with Gasteiger partial charge in [-0.1, -0.05) is 27.7 Å². The Morgan fingerprint density at radius 3 is 2.62 bits per heavy atom. The van der Waals surface area contributed by atoms with E-state index in [9.17, 15) is 0 Å². The van der Waals surface area contributed by atoms with Crippen LogP contribution < -0.4 is 0 Å². The van der Waals surface area contributed by atoms with Gasteiger partial charge in [0.1, 0.15) is 0 Å². The van der Waals surface area contributed by atoms with E-state index in [4.69, 9.17) is 4.74 Å². The smallest absolute Gasteiger partial charge is 0.0743 e. The molecule has 1 aromatic rings. The maximum Gasteiger partial charge on any atom is 0.0743 e. The minimum atomic E-state index is 0.770. The van der Waals surface area contributed by atoms with Gasteiger partial charge in [-0.25, -0.2) is 4.37 Å². The van der Waals surface area contributed by atoms with Crippen molar-refractivity contribution in [3.63, 3.8) is 0 Å². The molecule has 76 valence electrons. The Bertz CT molecular complexity index is 190. The van der Waals surface area contributed by atoms with Gasteiger partial charge in [0.25, 0.3) is 0 Å². The van der Waals surface area contributed by atoms with E-state index in [0.29, 0.717) is 0 Å². The van der Waals surface area contributed by atoms with Crippen molar-refractivity contribution >= 4 is 11.5 Å². The molecule has 0 spiro atoms. The third-order valence-corrected chi connectivity index (χ3v) is 2.36. The first-order valence-electron chi connectivity index (χ1n) is 4.97. The van der Waals surface area contributed by atoms with Gasteiger partial charge in [-0.3, -0.25) is 0 Å². The van der Waals surface area contributed by atoms with Gasteiger partial charge in [0.05, 0.1) is 13.2 Å². The van der Waals surface area contributed by atoms with Gasteiger partial charge in [-0.2, -0.15) is 0 Å². The van der Waals surface area contributed by atoms with Crippen LogP contribution in [0.3, 0.4) is 0 Å². The summed E-state index contributed by atoms with van der Waals surface area (Å²) >= 11 is 1.60. The Kier molecular flexibility index (Phi) is 7.94. The zero-order chi connectivity index (χ0) is 10.1. The lowest BCUT2D eigenvalue weighted by molar-refractivity contribution is 0.112. The van der Waals surface area contributed by atoms with Gasteiger partial charge >= 0.3 is 0 Å². The van der Waals surface area contributed by atoms with Crippen molar-refractivity contribution in [2.24, 2.45) is 0 Å². The SMILES string of the molecule is CC.CC.c1nsc2c1COCC2. The van der Waals surface area contributed by atoms with Gasteiger partial charge in [0.2, 0.25) is 0 Å². The van der Waals surface area contributed by atoms with Crippen LogP contribution in [0.4, 0.5) is 0 Å². The molecular weight excluding hydrogens is 182 g/mol. The highest BCUT2D eigenvalue weighted by atomic mass is 32.1. The van der Waals surface area contributed by atoms with Crippen LogP contribution in [0.1, 0.15) is 38.1 Å². The third kappa shape index (κ3) is 3.87. The highest BCUT2D eigenvalue weighted by Crippen LogP contribution is 2.18. The first-order valence-corrected chi connectivity index (χ1v) is 5.74. The normalized spacial score (nSPS) is 12.9. The molecule has 2 nitrogen and oxygen atoms in total. The molecule has 0 aliphatic carbocycles. The number of hydrogen-bond acceptors (Lipinski definition) is 3.